The van der Waals surface area contributed by atoms with Gasteiger partial charge in [0.1, 0.15) is 6.61 Å². The molecular weight excluding hydrogens is 242 g/mol. The van der Waals surface area contributed by atoms with Gasteiger partial charge in [-0.15, -0.1) is 0 Å². The van der Waals surface area contributed by atoms with Gasteiger partial charge >= 0.3 is 12.0 Å². The molecule has 0 aliphatic carbocycles. The summed E-state index contributed by atoms with van der Waals surface area (Å²) >= 11 is 0. The molecule has 4 N–H and O–H groups in total. The number of urea groups is 1. The highest BCUT2D eigenvalue weighted by Gasteiger charge is 2.18. The lowest BCUT2D eigenvalue weighted by atomic mass is 10.3. The summed E-state index contributed by atoms with van der Waals surface area (Å²) < 4.78 is 27.7. The standard InChI is InChI=1S/C8H14F2N2O5/c9-6(10)4-17-2-1-11-8(16)12-5(3-13)7(14)15/h5-6,13H,1-4H2,(H,14,15)(H2,11,12,16)/t5-/m0/s1. The molecule has 0 aromatic rings. The van der Waals surface area contributed by atoms with E-state index < -0.39 is 37.7 Å². The van der Waals surface area contributed by atoms with Crippen molar-refractivity contribution in [1.82, 2.24) is 10.6 Å². The smallest absolute Gasteiger partial charge is 0.328 e. The molecule has 0 aromatic carbocycles. The highest BCUT2D eigenvalue weighted by atomic mass is 19.3. The van der Waals surface area contributed by atoms with Crippen molar-refractivity contribution in [2.45, 2.75) is 12.5 Å². The van der Waals surface area contributed by atoms with Crippen molar-refractivity contribution >= 4 is 12.0 Å². The predicted molar refractivity (Wildman–Crippen MR) is 51.9 cm³/mol. The maximum absolute atomic E-state index is 11.6. The minimum Gasteiger partial charge on any atom is -0.480 e. The number of ether oxygens (including phenoxy) is 1. The molecule has 0 spiro atoms. The Hall–Kier alpha value is -1.48. The predicted octanol–water partition coefficient (Wildman–Crippen LogP) is -0.987. The SMILES string of the molecule is O=C(NCCOCC(F)F)N[C@@H](CO)C(=O)O. The van der Waals surface area contributed by atoms with E-state index in [0.29, 0.717) is 0 Å². The number of amides is 2. The third-order valence-corrected chi connectivity index (χ3v) is 1.56. The molecule has 0 saturated heterocycles. The molecule has 7 nitrogen and oxygen atoms in total. The quantitative estimate of drug-likeness (QED) is 0.417. The summed E-state index contributed by atoms with van der Waals surface area (Å²) in [5, 5.41) is 21.2. The van der Waals surface area contributed by atoms with Crippen LogP contribution in [0.4, 0.5) is 13.6 Å². The largest absolute Gasteiger partial charge is 0.480 e. The van der Waals surface area contributed by atoms with Gasteiger partial charge in [0, 0.05) is 6.54 Å². The molecular formula is C8H14F2N2O5. The van der Waals surface area contributed by atoms with Crippen LogP contribution in [-0.2, 0) is 9.53 Å². The second-order valence-corrected chi connectivity index (χ2v) is 2.94. The van der Waals surface area contributed by atoms with Crippen LogP contribution in [0.2, 0.25) is 0 Å². The first-order valence-corrected chi connectivity index (χ1v) is 4.71. The molecule has 100 valence electrons. The number of alkyl halides is 2. The van der Waals surface area contributed by atoms with Crippen molar-refractivity contribution in [2.75, 3.05) is 26.4 Å². The lowest BCUT2D eigenvalue weighted by Crippen LogP contribution is -2.48. The fraction of sp³-hybridized carbons (Fsp3) is 0.750. The van der Waals surface area contributed by atoms with Crippen molar-refractivity contribution in [1.29, 1.82) is 0 Å². The van der Waals surface area contributed by atoms with Gasteiger partial charge in [-0.05, 0) is 0 Å². The Bertz CT molecular complexity index is 252. The summed E-state index contributed by atoms with van der Waals surface area (Å²) in [6.07, 6.45) is -2.57. The molecule has 0 radical (unpaired) electrons. The highest BCUT2D eigenvalue weighted by molar-refractivity contribution is 5.82. The topological polar surface area (TPSA) is 108 Å². The number of carbonyl (C=O) groups is 2. The first kappa shape index (κ1) is 15.5. The fourth-order valence-electron chi connectivity index (χ4n) is 0.804. The molecule has 9 heteroatoms. The average molecular weight is 256 g/mol. The second kappa shape index (κ2) is 8.65. The molecule has 2 amide bonds. The zero-order valence-electron chi connectivity index (χ0n) is 8.86. The molecule has 0 fully saturated rings. The van der Waals surface area contributed by atoms with Crippen molar-refractivity contribution < 1.29 is 33.3 Å². The molecule has 1 atom stereocenters. The van der Waals surface area contributed by atoms with Crippen LogP contribution in [0.15, 0.2) is 0 Å². The summed E-state index contributed by atoms with van der Waals surface area (Å²) in [6.45, 7) is -1.63. The Morgan fingerprint density at radius 1 is 1.35 bits per heavy atom. The number of rotatable bonds is 8. The average Bonchev–Trinajstić information content (AvgIpc) is 2.24. The summed E-state index contributed by atoms with van der Waals surface area (Å²) in [5.41, 5.74) is 0. The van der Waals surface area contributed by atoms with Gasteiger partial charge < -0.3 is 25.6 Å². The van der Waals surface area contributed by atoms with Crippen LogP contribution < -0.4 is 10.6 Å². The molecule has 0 unspecified atom stereocenters. The first-order chi connectivity index (χ1) is 7.97. The van der Waals surface area contributed by atoms with E-state index in [0.717, 1.165) is 0 Å². The lowest BCUT2D eigenvalue weighted by Gasteiger charge is -2.12. The van der Waals surface area contributed by atoms with Gasteiger partial charge in [0.25, 0.3) is 6.43 Å². The van der Waals surface area contributed by atoms with Crippen molar-refractivity contribution in [3.05, 3.63) is 0 Å². The molecule has 0 heterocycles. The van der Waals surface area contributed by atoms with Gasteiger partial charge in [-0.3, -0.25) is 0 Å². The molecule has 0 saturated carbocycles. The van der Waals surface area contributed by atoms with Crippen LogP contribution in [0.3, 0.4) is 0 Å². The molecule has 0 aliphatic heterocycles. The fourth-order valence-corrected chi connectivity index (χ4v) is 0.804. The van der Waals surface area contributed by atoms with Gasteiger partial charge in [-0.1, -0.05) is 0 Å². The van der Waals surface area contributed by atoms with E-state index in [4.69, 9.17) is 10.2 Å². The number of aliphatic carboxylic acids is 1. The summed E-state index contributed by atoms with van der Waals surface area (Å²) in [4.78, 5) is 21.4. The maximum Gasteiger partial charge on any atom is 0.328 e. The van der Waals surface area contributed by atoms with Crippen LogP contribution >= 0.6 is 0 Å². The zero-order valence-corrected chi connectivity index (χ0v) is 8.86. The van der Waals surface area contributed by atoms with Gasteiger partial charge in [0.2, 0.25) is 0 Å². The minimum atomic E-state index is -2.57. The maximum atomic E-state index is 11.6. The molecule has 17 heavy (non-hydrogen) atoms. The number of carboxylic acid groups (broad SMARTS) is 1. The van der Waals surface area contributed by atoms with Crippen LogP contribution in [-0.4, -0.2) is 61.0 Å². The second-order valence-electron chi connectivity index (χ2n) is 2.94. The lowest BCUT2D eigenvalue weighted by molar-refractivity contribution is -0.140. The molecule has 0 bridgehead atoms. The van der Waals surface area contributed by atoms with E-state index in [1.807, 2.05) is 5.32 Å². The number of carboxylic acids is 1. The number of halogens is 2. The Morgan fingerprint density at radius 3 is 2.47 bits per heavy atom. The van der Waals surface area contributed by atoms with Gasteiger partial charge in [-0.25, -0.2) is 18.4 Å². The number of nitrogens with one attached hydrogen (secondary N) is 2. The number of carbonyl (C=O) groups excluding carboxylic acids is 1. The van der Waals surface area contributed by atoms with Gasteiger partial charge in [0.05, 0.1) is 13.2 Å². The van der Waals surface area contributed by atoms with Crippen LogP contribution in [0.1, 0.15) is 0 Å². The number of aliphatic hydroxyl groups excluding tert-OH is 1. The Morgan fingerprint density at radius 2 is 2.00 bits per heavy atom. The van der Waals surface area contributed by atoms with Crippen LogP contribution in [0.5, 0.6) is 0 Å². The Labute approximate surface area is 95.7 Å². The third kappa shape index (κ3) is 8.34. The summed E-state index contributed by atoms with van der Waals surface area (Å²) in [7, 11) is 0. The Kier molecular flexibility index (Phi) is 7.89. The number of hydrogen-bond acceptors (Lipinski definition) is 4. The van der Waals surface area contributed by atoms with E-state index in [-0.39, 0.29) is 13.2 Å². The summed E-state index contributed by atoms with van der Waals surface area (Å²) in [5.74, 6) is -1.38. The van der Waals surface area contributed by atoms with Gasteiger partial charge in [-0.2, -0.15) is 0 Å². The van der Waals surface area contributed by atoms with Crippen molar-refractivity contribution in [3.8, 4) is 0 Å². The first-order valence-electron chi connectivity index (χ1n) is 4.71. The minimum absolute atomic E-state index is 0.0453. The van der Waals surface area contributed by atoms with Crippen molar-refractivity contribution in [3.63, 3.8) is 0 Å². The summed E-state index contributed by atoms with van der Waals surface area (Å²) in [6, 6.07) is -2.23. The number of hydrogen-bond donors (Lipinski definition) is 4. The zero-order chi connectivity index (χ0) is 13.3. The van der Waals surface area contributed by atoms with E-state index in [1.165, 1.54) is 0 Å². The van der Waals surface area contributed by atoms with Crippen molar-refractivity contribution in [2.24, 2.45) is 0 Å². The van der Waals surface area contributed by atoms with Crippen LogP contribution in [0.25, 0.3) is 0 Å². The highest BCUT2D eigenvalue weighted by Crippen LogP contribution is 1.91. The normalized spacial score (nSPS) is 12.2. The van der Waals surface area contributed by atoms with Gasteiger partial charge in [0.15, 0.2) is 6.04 Å². The van der Waals surface area contributed by atoms with E-state index in [2.05, 4.69) is 10.1 Å². The molecule has 0 aromatic heterocycles. The van der Waals surface area contributed by atoms with Crippen LogP contribution in [0, 0.1) is 0 Å². The third-order valence-electron chi connectivity index (χ3n) is 1.56. The molecule has 0 rings (SSSR count). The van der Waals surface area contributed by atoms with E-state index >= 15 is 0 Å². The van der Waals surface area contributed by atoms with E-state index in [9.17, 15) is 18.4 Å². The number of aliphatic hydroxyl groups is 1. The monoisotopic (exact) mass is 256 g/mol. The molecule has 0 aliphatic rings. The Balaban J connectivity index is 3.62. The van der Waals surface area contributed by atoms with E-state index in [1.54, 1.807) is 0 Å².